The fourth-order valence-corrected chi connectivity index (χ4v) is 1.25. The number of hydrogen-bond acceptors (Lipinski definition) is 6. The lowest BCUT2D eigenvalue weighted by molar-refractivity contribution is -0.384. The molecule has 18 heavy (non-hydrogen) atoms. The summed E-state index contributed by atoms with van der Waals surface area (Å²) in [6, 6.07) is 0.608. The molecule has 0 saturated carbocycles. The topological polar surface area (TPSA) is 108 Å². The smallest absolute Gasteiger partial charge is 0.345 e. The van der Waals surface area contributed by atoms with Gasteiger partial charge >= 0.3 is 11.7 Å². The van der Waals surface area contributed by atoms with E-state index in [0.29, 0.717) is 6.07 Å². The number of aromatic nitrogens is 1. The first-order valence-corrected chi connectivity index (χ1v) is 4.78. The molecule has 9 heteroatoms. The maximum Gasteiger partial charge on any atom is 0.345 e. The zero-order chi connectivity index (χ0) is 13.9. The predicted molar refractivity (Wildman–Crippen MR) is 56.2 cm³/mol. The molecule has 7 nitrogen and oxygen atoms in total. The molecule has 0 atom stereocenters. The van der Waals surface area contributed by atoms with Crippen LogP contribution in [0, 0.1) is 10.1 Å². The second-order valence-corrected chi connectivity index (χ2v) is 3.11. The average molecular weight is 261 g/mol. The van der Waals surface area contributed by atoms with Crippen LogP contribution in [0.2, 0.25) is 0 Å². The molecule has 0 amide bonds. The number of nitrogens with two attached hydrogens (primary N) is 1. The lowest BCUT2D eigenvalue weighted by Gasteiger charge is -2.07. The molecule has 1 aromatic rings. The number of pyridine rings is 1. The summed E-state index contributed by atoms with van der Waals surface area (Å²) in [6.07, 6.45) is -3.00. The van der Waals surface area contributed by atoms with Crippen LogP contribution in [0.3, 0.4) is 0 Å². The predicted octanol–water partition coefficient (Wildman–Crippen LogP) is 1.69. The molecule has 0 aliphatic carbocycles. The number of halogens is 2. The van der Waals surface area contributed by atoms with Crippen LogP contribution >= 0.6 is 0 Å². The lowest BCUT2D eigenvalue weighted by atomic mass is 10.2. The van der Waals surface area contributed by atoms with Gasteiger partial charge in [-0.25, -0.2) is 18.6 Å². The van der Waals surface area contributed by atoms with Crippen molar-refractivity contribution in [2.24, 2.45) is 0 Å². The van der Waals surface area contributed by atoms with Gasteiger partial charge in [-0.15, -0.1) is 0 Å². The summed E-state index contributed by atoms with van der Waals surface area (Å²) in [6.45, 7) is 1.42. The highest BCUT2D eigenvalue weighted by atomic mass is 19.3. The molecule has 0 bridgehead atoms. The van der Waals surface area contributed by atoms with Gasteiger partial charge in [-0.05, 0) is 13.0 Å². The van der Waals surface area contributed by atoms with Gasteiger partial charge in [0, 0.05) is 0 Å². The second-order valence-electron chi connectivity index (χ2n) is 3.11. The van der Waals surface area contributed by atoms with E-state index in [4.69, 9.17) is 5.73 Å². The molecule has 0 radical (unpaired) electrons. The fraction of sp³-hybridized carbons (Fsp3) is 0.333. The molecule has 1 aromatic heterocycles. The highest BCUT2D eigenvalue weighted by molar-refractivity contribution is 5.96. The number of nitrogens with zero attached hydrogens (tertiary/aromatic N) is 2. The highest BCUT2D eigenvalue weighted by Crippen LogP contribution is 2.29. The zero-order valence-corrected chi connectivity index (χ0v) is 9.22. The molecule has 0 saturated heterocycles. The van der Waals surface area contributed by atoms with Gasteiger partial charge in [-0.3, -0.25) is 10.1 Å². The first-order valence-electron chi connectivity index (χ1n) is 4.78. The SMILES string of the molecule is CCOC(=O)c1cc(C(F)F)nc(N)c1[N+](=O)[O-]. The van der Waals surface area contributed by atoms with Gasteiger partial charge in [0.25, 0.3) is 6.43 Å². The van der Waals surface area contributed by atoms with Crippen LogP contribution in [0.1, 0.15) is 29.4 Å². The van der Waals surface area contributed by atoms with Crippen molar-refractivity contribution in [1.82, 2.24) is 4.98 Å². The van der Waals surface area contributed by atoms with E-state index in [-0.39, 0.29) is 6.61 Å². The molecule has 98 valence electrons. The first kappa shape index (κ1) is 13.7. The van der Waals surface area contributed by atoms with Gasteiger partial charge in [0.1, 0.15) is 11.3 Å². The summed E-state index contributed by atoms with van der Waals surface area (Å²) in [5, 5.41) is 10.7. The van der Waals surface area contributed by atoms with Crippen molar-refractivity contribution in [3.05, 3.63) is 27.4 Å². The molecule has 0 fully saturated rings. The Kier molecular flexibility index (Phi) is 4.08. The van der Waals surface area contributed by atoms with Crippen LogP contribution in [0.4, 0.5) is 20.3 Å². The van der Waals surface area contributed by atoms with Crippen LogP contribution in [0.15, 0.2) is 6.07 Å². The van der Waals surface area contributed by atoms with Crippen molar-refractivity contribution < 1.29 is 23.2 Å². The molecular formula is C9H9F2N3O4. The summed E-state index contributed by atoms with van der Waals surface area (Å²) in [7, 11) is 0. The molecule has 0 spiro atoms. The van der Waals surface area contributed by atoms with E-state index >= 15 is 0 Å². The largest absolute Gasteiger partial charge is 0.462 e. The number of hydrogen-bond donors (Lipinski definition) is 1. The number of alkyl halides is 2. The lowest BCUT2D eigenvalue weighted by Crippen LogP contribution is -2.12. The Morgan fingerprint density at radius 2 is 2.28 bits per heavy atom. The van der Waals surface area contributed by atoms with Crippen LogP contribution < -0.4 is 5.73 Å². The summed E-state index contributed by atoms with van der Waals surface area (Å²) in [4.78, 5) is 24.4. The van der Waals surface area contributed by atoms with Crippen molar-refractivity contribution in [3.8, 4) is 0 Å². The minimum absolute atomic E-state index is 0.0533. The number of carbonyl (C=O) groups is 1. The van der Waals surface area contributed by atoms with Crippen LogP contribution in [-0.4, -0.2) is 22.5 Å². The van der Waals surface area contributed by atoms with Gasteiger partial charge in [-0.1, -0.05) is 0 Å². The van der Waals surface area contributed by atoms with Crippen molar-refractivity contribution in [3.63, 3.8) is 0 Å². The van der Waals surface area contributed by atoms with E-state index in [9.17, 15) is 23.7 Å². The van der Waals surface area contributed by atoms with Crippen molar-refractivity contribution in [2.75, 3.05) is 12.3 Å². The third kappa shape index (κ3) is 2.67. The first-order chi connectivity index (χ1) is 8.38. The molecular weight excluding hydrogens is 252 g/mol. The molecule has 1 heterocycles. The van der Waals surface area contributed by atoms with Crippen LogP contribution in [0.5, 0.6) is 0 Å². The Morgan fingerprint density at radius 3 is 2.72 bits per heavy atom. The van der Waals surface area contributed by atoms with E-state index < -0.39 is 40.1 Å². The molecule has 0 aliphatic rings. The second kappa shape index (κ2) is 5.34. The maximum absolute atomic E-state index is 12.5. The quantitative estimate of drug-likeness (QED) is 0.501. The summed E-state index contributed by atoms with van der Waals surface area (Å²) < 4.78 is 29.5. The fourth-order valence-electron chi connectivity index (χ4n) is 1.25. The summed E-state index contributed by atoms with van der Waals surface area (Å²) >= 11 is 0. The zero-order valence-electron chi connectivity index (χ0n) is 9.22. The summed E-state index contributed by atoms with van der Waals surface area (Å²) in [5.41, 5.74) is 2.91. The third-order valence-electron chi connectivity index (χ3n) is 1.94. The minimum Gasteiger partial charge on any atom is -0.462 e. The Labute approximate surface area is 99.7 Å². The van der Waals surface area contributed by atoms with E-state index in [1.165, 1.54) is 6.92 Å². The number of anilines is 1. The highest BCUT2D eigenvalue weighted by Gasteiger charge is 2.28. The molecule has 1 rings (SSSR count). The van der Waals surface area contributed by atoms with Gasteiger partial charge in [-0.2, -0.15) is 0 Å². The number of rotatable bonds is 4. The molecule has 2 N–H and O–H groups in total. The van der Waals surface area contributed by atoms with Crippen molar-refractivity contribution in [2.45, 2.75) is 13.3 Å². The Balaban J connectivity index is 3.42. The maximum atomic E-state index is 12.5. The normalized spacial score (nSPS) is 10.4. The van der Waals surface area contributed by atoms with Gasteiger partial charge in [0.05, 0.1) is 11.5 Å². The number of carbonyl (C=O) groups excluding carboxylic acids is 1. The monoisotopic (exact) mass is 261 g/mol. The molecule has 0 aromatic carbocycles. The van der Waals surface area contributed by atoms with E-state index in [2.05, 4.69) is 9.72 Å². The van der Waals surface area contributed by atoms with Crippen LogP contribution in [0.25, 0.3) is 0 Å². The number of nitro groups is 1. The standard InChI is InChI=1S/C9H9F2N3O4/c1-2-18-9(15)4-3-5(7(10)11)13-8(12)6(4)14(16)17/h3,7H,2H2,1H3,(H2,12,13). The minimum atomic E-state index is -3.00. The Morgan fingerprint density at radius 1 is 1.67 bits per heavy atom. The summed E-state index contributed by atoms with van der Waals surface area (Å²) in [5.74, 6) is -1.85. The van der Waals surface area contributed by atoms with Crippen molar-refractivity contribution >= 4 is 17.5 Å². The van der Waals surface area contributed by atoms with Gasteiger partial charge in [0.15, 0.2) is 0 Å². The van der Waals surface area contributed by atoms with E-state index in [1.807, 2.05) is 0 Å². The van der Waals surface area contributed by atoms with E-state index in [0.717, 1.165) is 0 Å². The average Bonchev–Trinajstić information content (AvgIpc) is 2.27. The van der Waals surface area contributed by atoms with Gasteiger partial charge < -0.3 is 10.5 Å². The third-order valence-corrected chi connectivity index (χ3v) is 1.94. The van der Waals surface area contributed by atoms with E-state index in [1.54, 1.807) is 0 Å². The Bertz CT molecular complexity index is 493. The van der Waals surface area contributed by atoms with Crippen molar-refractivity contribution in [1.29, 1.82) is 0 Å². The molecule has 0 aliphatic heterocycles. The number of esters is 1. The number of nitrogen functional groups attached to an aromatic ring is 1. The molecule has 0 unspecified atom stereocenters. The Hall–Kier alpha value is -2.32. The number of ether oxygens (including phenoxy) is 1. The van der Waals surface area contributed by atoms with Crippen LogP contribution in [-0.2, 0) is 4.74 Å². The van der Waals surface area contributed by atoms with Gasteiger partial charge in [0.2, 0.25) is 5.82 Å².